The Labute approximate surface area is 114 Å². The highest BCUT2D eigenvalue weighted by Crippen LogP contribution is 2.33. The third kappa shape index (κ3) is 3.18. The average molecular weight is 281 g/mol. The third-order valence-electron chi connectivity index (χ3n) is 2.61. The Hall–Kier alpha value is -1.73. The number of rotatable bonds is 6. The fourth-order valence-electron chi connectivity index (χ4n) is 1.61. The number of nitro groups is 1. The Balaban J connectivity index is 2.13. The molecule has 0 aliphatic rings. The molecule has 0 aliphatic heterocycles. The molecule has 2 heterocycles. The monoisotopic (exact) mass is 281 g/mol. The lowest BCUT2D eigenvalue weighted by atomic mass is 10.3. The van der Waals surface area contributed by atoms with Gasteiger partial charge in [-0.05, 0) is 26.0 Å². The zero-order valence-electron chi connectivity index (χ0n) is 10.8. The maximum atomic E-state index is 10.6. The fourth-order valence-corrected chi connectivity index (χ4v) is 2.38. The Morgan fingerprint density at radius 2 is 2.37 bits per heavy atom. The van der Waals surface area contributed by atoms with E-state index >= 15 is 0 Å². The number of thiophene rings is 1. The third-order valence-corrected chi connectivity index (χ3v) is 3.66. The van der Waals surface area contributed by atoms with Gasteiger partial charge in [-0.3, -0.25) is 10.1 Å². The van der Waals surface area contributed by atoms with E-state index in [2.05, 4.69) is 17.2 Å². The Morgan fingerprint density at radius 1 is 1.58 bits per heavy atom. The number of hydrogen-bond donors (Lipinski definition) is 1. The first kappa shape index (κ1) is 13.7. The zero-order chi connectivity index (χ0) is 13.8. The molecule has 0 saturated carbocycles. The molecule has 1 atom stereocenters. The number of oxazole rings is 1. The fraction of sp³-hybridized carbons (Fsp3) is 0.417. The molecule has 0 spiro atoms. The summed E-state index contributed by atoms with van der Waals surface area (Å²) in [7, 11) is 0. The highest BCUT2D eigenvalue weighted by molar-refractivity contribution is 7.18. The summed E-state index contributed by atoms with van der Waals surface area (Å²) in [6.45, 7) is 4.96. The van der Waals surface area contributed by atoms with Gasteiger partial charge in [-0.2, -0.15) is 0 Å². The second kappa shape index (κ2) is 5.94. The van der Waals surface area contributed by atoms with E-state index < -0.39 is 4.92 Å². The van der Waals surface area contributed by atoms with Crippen molar-refractivity contribution in [2.75, 3.05) is 6.54 Å². The van der Waals surface area contributed by atoms with Gasteiger partial charge in [-0.15, -0.1) is 0 Å². The summed E-state index contributed by atoms with van der Waals surface area (Å²) >= 11 is 1.08. The van der Waals surface area contributed by atoms with Crippen molar-refractivity contribution in [3.05, 3.63) is 34.3 Å². The molecule has 0 aliphatic carbocycles. The molecule has 102 valence electrons. The Bertz CT molecular complexity index is 564. The smallest absolute Gasteiger partial charge is 0.324 e. The molecule has 7 heteroatoms. The van der Waals surface area contributed by atoms with Crippen LogP contribution in [0.3, 0.4) is 0 Å². The second-order valence-corrected chi connectivity index (χ2v) is 5.20. The predicted octanol–water partition coefficient (Wildman–Crippen LogP) is 3.37. The van der Waals surface area contributed by atoms with E-state index in [1.54, 1.807) is 12.3 Å². The normalized spacial score (nSPS) is 12.5. The maximum Gasteiger partial charge on any atom is 0.324 e. The van der Waals surface area contributed by atoms with Crippen LogP contribution in [-0.2, 0) is 0 Å². The summed E-state index contributed by atoms with van der Waals surface area (Å²) in [4.78, 5) is 15.2. The molecule has 0 radical (unpaired) electrons. The molecule has 0 bridgehead atoms. The lowest BCUT2D eigenvalue weighted by Gasteiger charge is -2.08. The molecule has 1 unspecified atom stereocenters. The van der Waals surface area contributed by atoms with Gasteiger partial charge in [-0.1, -0.05) is 18.3 Å². The van der Waals surface area contributed by atoms with Crippen molar-refractivity contribution < 1.29 is 9.34 Å². The summed E-state index contributed by atoms with van der Waals surface area (Å²) in [6, 6.07) is 3.18. The number of aromatic nitrogens is 1. The van der Waals surface area contributed by atoms with Crippen LogP contribution >= 0.6 is 11.3 Å². The first-order valence-electron chi connectivity index (χ1n) is 6.05. The van der Waals surface area contributed by atoms with Gasteiger partial charge in [0.2, 0.25) is 5.89 Å². The summed E-state index contributed by atoms with van der Waals surface area (Å²) in [5.41, 5.74) is 0. The maximum absolute atomic E-state index is 10.6. The summed E-state index contributed by atoms with van der Waals surface area (Å²) in [6.07, 6.45) is 2.64. The molecular formula is C12H15N3O3S. The van der Waals surface area contributed by atoms with Gasteiger partial charge in [0.1, 0.15) is 0 Å². The van der Waals surface area contributed by atoms with Crippen molar-refractivity contribution in [1.82, 2.24) is 10.3 Å². The molecule has 0 amide bonds. The molecular weight excluding hydrogens is 266 g/mol. The summed E-state index contributed by atoms with van der Waals surface area (Å²) in [5, 5.41) is 14.0. The first-order chi connectivity index (χ1) is 9.11. The van der Waals surface area contributed by atoms with Crippen molar-refractivity contribution in [3.63, 3.8) is 0 Å². The first-order valence-corrected chi connectivity index (χ1v) is 6.87. The topological polar surface area (TPSA) is 81.2 Å². The van der Waals surface area contributed by atoms with Crippen LogP contribution in [-0.4, -0.2) is 16.5 Å². The second-order valence-electron chi connectivity index (χ2n) is 4.13. The van der Waals surface area contributed by atoms with E-state index in [4.69, 9.17) is 4.42 Å². The van der Waals surface area contributed by atoms with Gasteiger partial charge in [0.25, 0.3) is 0 Å². The van der Waals surface area contributed by atoms with Crippen LogP contribution < -0.4 is 5.32 Å². The molecule has 0 aromatic carbocycles. The van der Waals surface area contributed by atoms with Crippen LogP contribution in [0.15, 0.2) is 22.7 Å². The van der Waals surface area contributed by atoms with Crippen LogP contribution in [0.5, 0.6) is 0 Å². The van der Waals surface area contributed by atoms with E-state index in [1.807, 2.05) is 6.92 Å². The minimum Gasteiger partial charge on any atom is -0.438 e. The van der Waals surface area contributed by atoms with Crippen LogP contribution in [0, 0.1) is 10.1 Å². The zero-order valence-corrected chi connectivity index (χ0v) is 11.6. The van der Waals surface area contributed by atoms with Crippen molar-refractivity contribution in [2.45, 2.75) is 26.3 Å². The molecule has 2 aromatic rings. The lowest BCUT2D eigenvalue weighted by Crippen LogP contribution is -2.19. The van der Waals surface area contributed by atoms with Gasteiger partial charge < -0.3 is 9.73 Å². The van der Waals surface area contributed by atoms with E-state index in [-0.39, 0.29) is 11.0 Å². The lowest BCUT2D eigenvalue weighted by molar-refractivity contribution is -0.380. The predicted molar refractivity (Wildman–Crippen MR) is 73.2 cm³/mol. The number of nitrogens with zero attached hydrogens (tertiary/aromatic N) is 2. The molecule has 19 heavy (non-hydrogen) atoms. The Morgan fingerprint density at radius 3 is 3.00 bits per heavy atom. The van der Waals surface area contributed by atoms with Crippen LogP contribution in [0.1, 0.15) is 32.2 Å². The van der Waals surface area contributed by atoms with Crippen molar-refractivity contribution in [1.29, 1.82) is 0 Å². The molecule has 0 saturated heterocycles. The summed E-state index contributed by atoms with van der Waals surface area (Å²) < 4.78 is 5.64. The van der Waals surface area contributed by atoms with Gasteiger partial charge in [0.15, 0.2) is 5.76 Å². The van der Waals surface area contributed by atoms with Gasteiger partial charge in [0, 0.05) is 6.07 Å². The van der Waals surface area contributed by atoms with Gasteiger partial charge in [-0.25, -0.2) is 4.98 Å². The molecule has 0 fully saturated rings. The van der Waals surface area contributed by atoms with Crippen LogP contribution in [0.25, 0.3) is 10.6 Å². The standard InChI is InChI=1S/C12H15N3O3S/c1-3-6-13-8(2)12-14-7-9(18-12)10-4-5-11(19-10)15(16)17/h4-5,7-8,13H,3,6H2,1-2H3. The largest absolute Gasteiger partial charge is 0.438 e. The van der Waals surface area contributed by atoms with Crippen LogP contribution in [0.4, 0.5) is 5.00 Å². The van der Waals surface area contributed by atoms with E-state index in [0.29, 0.717) is 16.5 Å². The molecule has 2 aromatic heterocycles. The van der Waals surface area contributed by atoms with E-state index in [0.717, 1.165) is 24.3 Å². The van der Waals surface area contributed by atoms with Crippen molar-refractivity contribution in [3.8, 4) is 10.6 Å². The van der Waals surface area contributed by atoms with Gasteiger partial charge >= 0.3 is 5.00 Å². The van der Waals surface area contributed by atoms with Gasteiger partial charge in [0.05, 0.1) is 22.0 Å². The molecule has 2 rings (SSSR count). The molecule has 6 nitrogen and oxygen atoms in total. The van der Waals surface area contributed by atoms with Crippen molar-refractivity contribution in [2.24, 2.45) is 0 Å². The minimum atomic E-state index is -0.406. The summed E-state index contributed by atoms with van der Waals surface area (Å²) in [5.74, 6) is 1.16. The highest BCUT2D eigenvalue weighted by atomic mass is 32.1. The van der Waals surface area contributed by atoms with E-state index in [9.17, 15) is 10.1 Å². The average Bonchev–Trinajstić information content (AvgIpc) is 3.03. The SMILES string of the molecule is CCCNC(C)c1ncc(-c2ccc([N+](=O)[O-])s2)o1. The van der Waals surface area contributed by atoms with E-state index in [1.165, 1.54) is 6.07 Å². The minimum absolute atomic E-state index is 0.0312. The number of hydrogen-bond acceptors (Lipinski definition) is 6. The quantitative estimate of drug-likeness (QED) is 0.648. The number of nitrogens with one attached hydrogen (secondary N) is 1. The van der Waals surface area contributed by atoms with Crippen molar-refractivity contribution >= 4 is 16.3 Å². The molecule has 1 N–H and O–H groups in total. The van der Waals surface area contributed by atoms with Crippen LogP contribution in [0.2, 0.25) is 0 Å². The highest BCUT2D eigenvalue weighted by Gasteiger charge is 2.16. The Kier molecular flexibility index (Phi) is 4.28.